The zero-order valence-electron chi connectivity index (χ0n) is 13.9. The van der Waals surface area contributed by atoms with Gasteiger partial charge in [0, 0.05) is 25.3 Å². The van der Waals surface area contributed by atoms with Crippen LogP contribution in [0.25, 0.3) is 0 Å². The highest BCUT2D eigenvalue weighted by Gasteiger charge is 2.30. The molecule has 0 aliphatic carbocycles. The van der Waals surface area contributed by atoms with Crippen LogP contribution in [-0.4, -0.2) is 45.0 Å². The van der Waals surface area contributed by atoms with Gasteiger partial charge in [0.2, 0.25) is 10.0 Å². The van der Waals surface area contributed by atoms with Gasteiger partial charge in [-0.15, -0.1) is 0 Å². The van der Waals surface area contributed by atoms with Crippen LogP contribution in [0.3, 0.4) is 0 Å². The van der Waals surface area contributed by atoms with Crippen LogP contribution < -0.4 is 4.90 Å². The highest BCUT2D eigenvalue weighted by atomic mass is 32.2. The molecule has 5 nitrogen and oxygen atoms in total. The number of rotatable bonds is 4. The van der Waals surface area contributed by atoms with Crippen molar-refractivity contribution in [1.29, 1.82) is 0 Å². The molecule has 1 aromatic rings. The van der Waals surface area contributed by atoms with Crippen molar-refractivity contribution in [3.63, 3.8) is 0 Å². The molecule has 0 N–H and O–H groups in total. The molecule has 1 saturated heterocycles. The average Bonchev–Trinajstić information content (AvgIpc) is 3.26. The number of allylic oxidation sites excluding steroid dienone is 1. The largest absolute Gasteiger partial charge is 0.497 e. The molecule has 3 aliphatic heterocycles. The van der Waals surface area contributed by atoms with E-state index in [-0.39, 0.29) is 6.10 Å². The molecule has 3 aliphatic rings. The van der Waals surface area contributed by atoms with E-state index >= 15 is 0 Å². The maximum atomic E-state index is 12.8. The Labute approximate surface area is 143 Å². The second-order valence-corrected chi connectivity index (χ2v) is 8.74. The summed E-state index contributed by atoms with van der Waals surface area (Å²) in [6.07, 6.45) is 9.00. The molecular formula is C18H24N2O3S. The van der Waals surface area contributed by atoms with Gasteiger partial charge in [-0.05, 0) is 55.9 Å². The average molecular weight is 348 g/mol. The van der Waals surface area contributed by atoms with E-state index in [2.05, 4.69) is 11.0 Å². The molecule has 6 heteroatoms. The molecule has 4 rings (SSSR count). The molecule has 0 bridgehead atoms. The van der Waals surface area contributed by atoms with Crippen LogP contribution in [-0.2, 0) is 21.2 Å². The molecule has 1 atom stereocenters. The number of hydrogen-bond acceptors (Lipinski definition) is 4. The lowest BCUT2D eigenvalue weighted by Gasteiger charge is -2.27. The quantitative estimate of drug-likeness (QED) is 0.839. The van der Waals surface area contributed by atoms with Crippen LogP contribution in [0.1, 0.15) is 31.2 Å². The van der Waals surface area contributed by atoms with E-state index in [1.807, 2.05) is 12.1 Å². The molecule has 0 amide bonds. The van der Waals surface area contributed by atoms with Gasteiger partial charge >= 0.3 is 0 Å². The van der Waals surface area contributed by atoms with Gasteiger partial charge in [-0.1, -0.05) is 6.07 Å². The summed E-state index contributed by atoms with van der Waals surface area (Å²) in [4.78, 5) is 2.71. The van der Waals surface area contributed by atoms with E-state index in [0.717, 1.165) is 50.9 Å². The van der Waals surface area contributed by atoms with Gasteiger partial charge in [-0.2, -0.15) is 4.31 Å². The van der Waals surface area contributed by atoms with E-state index in [1.165, 1.54) is 5.56 Å². The first-order valence-corrected chi connectivity index (χ1v) is 10.3. The third-order valence-electron chi connectivity index (χ3n) is 5.20. The Bertz CT molecular complexity index is 739. The Balaban J connectivity index is 1.57. The van der Waals surface area contributed by atoms with Crippen molar-refractivity contribution in [3.8, 4) is 0 Å². The van der Waals surface area contributed by atoms with E-state index in [1.54, 1.807) is 16.6 Å². The molecule has 0 aromatic heterocycles. The molecule has 130 valence electrons. The number of sulfonamides is 1. The fraction of sp³-hybridized carbons (Fsp3) is 0.556. The molecule has 1 fully saturated rings. The minimum Gasteiger partial charge on any atom is -0.497 e. The van der Waals surface area contributed by atoms with Crippen LogP contribution in [0.5, 0.6) is 0 Å². The van der Waals surface area contributed by atoms with Crippen molar-refractivity contribution in [3.05, 3.63) is 36.1 Å². The Hall–Kier alpha value is -1.53. The summed E-state index contributed by atoms with van der Waals surface area (Å²) >= 11 is 0. The van der Waals surface area contributed by atoms with E-state index < -0.39 is 10.0 Å². The second kappa shape index (κ2) is 6.41. The van der Waals surface area contributed by atoms with Crippen LogP contribution in [0, 0.1) is 0 Å². The third kappa shape index (κ3) is 2.93. The predicted molar refractivity (Wildman–Crippen MR) is 93.6 cm³/mol. The number of ether oxygens (including phenoxy) is 1. The SMILES string of the molecule is O=S(=O)(c1ccc2c(c1)N(CC1CCC=CO1)CC2)N1CCCC1. The van der Waals surface area contributed by atoms with E-state index in [0.29, 0.717) is 18.0 Å². The summed E-state index contributed by atoms with van der Waals surface area (Å²) < 4.78 is 32.9. The van der Waals surface area contributed by atoms with Crippen LogP contribution >= 0.6 is 0 Å². The standard InChI is InChI=1S/C18H24N2O3S/c21-24(22,20-9-2-3-10-20)17-7-6-15-8-11-19(18(15)13-17)14-16-5-1-4-12-23-16/h4,6-7,12-13,16H,1-3,5,8-11,14H2. The lowest BCUT2D eigenvalue weighted by Crippen LogP contribution is -2.33. The first kappa shape index (κ1) is 16.0. The zero-order valence-corrected chi connectivity index (χ0v) is 14.7. The van der Waals surface area contributed by atoms with Gasteiger partial charge in [0.1, 0.15) is 6.10 Å². The number of benzene rings is 1. The fourth-order valence-electron chi connectivity index (χ4n) is 3.82. The van der Waals surface area contributed by atoms with Gasteiger partial charge < -0.3 is 9.64 Å². The minimum atomic E-state index is -3.35. The molecule has 0 radical (unpaired) electrons. The molecule has 24 heavy (non-hydrogen) atoms. The van der Waals surface area contributed by atoms with Crippen LogP contribution in [0.2, 0.25) is 0 Å². The topological polar surface area (TPSA) is 49.9 Å². The Morgan fingerprint density at radius 3 is 2.75 bits per heavy atom. The lowest BCUT2D eigenvalue weighted by atomic mass is 10.1. The van der Waals surface area contributed by atoms with Gasteiger partial charge in [0.05, 0.1) is 17.7 Å². The summed E-state index contributed by atoms with van der Waals surface area (Å²) in [5.41, 5.74) is 2.30. The number of nitrogens with zero attached hydrogens (tertiary/aromatic N) is 2. The van der Waals surface area contributed by atoms with Gasteiger partial charge in [0.25, 0.3) is 0 Å². The third-order valence-corrected chi connectivity index (χ3v) is 7.09. The van der Waals surface area contributed by atoms with Gasteiger partial charge in [-0.3, -0.25) is 0 Å². The van der Waals surface area contributed by atoms with Gasteiger partial charge in [0.15, 0.2) is 0 Å². The van der Waals surface area contributed by atoms with Crippen LogP contribution in [0.4, 0.5) is 5.69 Å². The van der Waals surface area contributed by atoms with Crippen molar-refractivity contribution in [2.75, 3.05) is 31.1 Å². The number of fused-ring (bicyclic) bond motifs is 1. The predicted octanol–water partition coefficient (Wildman–Crippen LogP) is 2.53. The van der Waals surface area contributed by atoms with Crippen molar-refractivity contribution >= 4 is 15.7 Å². The second-order valence-electron chi connectivity index (χ2n) is 6.80. The lowest BCUT2D eigenvalue weighted by molar-refractivity contribution is 0.129. The minimum absolute atomic E-state index is 0.194. The molecular weight excluding hydrogens is 324 g/mol. The molecule has 0 spiro atoms. The van der Waals surface area contributed by atoms with Crippen LogP contribution in [0.15, 0.2) is 35.4 Å². The normalized spacial score (nSPS) is 24.2. The van der Waals surface area contributed by atoms with Crippen molar-refractivity contribution in [2.24, 2.45) is 0 Å². The summed E-state index contributed by atoms with van der Waals surface area (Å²) in [5, 5.41) is 0. The number of hydrogen-bond donors (Lipinski definition) is 0. The molecule has 1 aromatic carbocycles. The molecule has 1 unspecified atom stereocenters. The van der Waals surface area contributed by atoms with Gasteiger partial charge in [-0.25, -0.2) is 8.42 Å². The Kier molecular flexibility index (Phi) is 4.26. The molecule has 0 saturated carbocycles. The number of anilines is 1. The summed E-state index contributed by atoms with van der Waals surface area (Å²) in [7, 11) is -3.35. The monoisotopic (exact) mass is 348 g/mol. The maximum absolute atomic E-state index is 12.8. The smallest absolute Gasteiger partial charge is 0.243 e. The van der Waals surface area contributed by atoms with Crippen molar-refractivity contribution in [2.45, 2.75) is 43.1 Å². The summed E-state index contributed by atoms with van der Waals surface area (Å²) in [5.74, 6) is 0. The van der Waals surface area contributed by atoms with E-state index in [4.69, 9.17) is 4.74 Å². The Morgan fingerprint density at radius 2 is 2.00 bits per heavy atom. The first-order valence-electron chi connectivity index (χ1n) is 8.83. The first-order chi connectivity index (χ1) is 11.6. The fourth-order valence-corrected chi connectivity index (χ4v) is 5.36. The summed E-state index contributed by atoms with van der Waals surface area (Å²) in [6, 6.07) is 5.63. The maximum Gasteiger partial charge on any atom is 0.243 e. The van der Waals surface area contributed by atoms with Crippen molar-refractivity contribution < 1.29 is 13.2 Å². The highest BCUT2D eigenvalue weighted by Crippen LogP contribution is 2.33. The highest BCUT2D eigenvalue weighted by molar-refractivity contribution is 7.89. The summed E-state index contributed by atoms with van der Waals surface area (Å²) in [6.45, 7) is 3.05. The van der Waals surface area contributed by atoms with Crippen molar-refractivity contribution in [1.82, 2.24) is 4.31 Å². The molecule has 3 heterocycles. The van der Waals surface area contributed by atoms with E-state index in [9.17, 15) is 8.42 Å². The Morgan fingerprint density at radius 1 is 1.17 bits per heavy atom. The zero-order chi connectivity index (χ0) is 16.6.